The minimum atomic E-state index is 0.568. The molecule has 0 saturated carbocycles. The first-order valence-electron chi connectivity index (χ1n) is 9.13. The van der Waals surface area contributed by atoms with Gasteiger partial charge in [-0.25, -0.2) is 4.98 Å². The predicted octanol–water partition coefficient (Wildman–Crippen LogP) is 1.35. The molecule has 0 N–H and O–H groups in total. The van der Waals surface area contributed by atoms with Crippen LogP contribution in [0.2, 0.25) is 0 Å². The van der Waals surface area contributed by atoms with Crippen LogP contribution in [0.25, 0.3) is 11.0 Å². The van der Waals surface area contributed by atoms with E-state index >= 15 is 0 Å². The average molecular weight is 385 g/mol. The van der Waals surface area contributed by atoms with Crippen LogP contribution in [0.3, 0.4) is 0 Å². The summed E-state index contributed by atoms with van der Waals surface area (Å²) in [4.78, 5) is 20.6. The zero-order valence-corrected chi connectivity index (χ0v) is 16.5. The van der Waals surface area contributed by atoms with Crippen LogP contribution >= 0.6 is 11.8 Å². The zero-order valence-electron chi connectivity index (χ0n) is 15.7. The molecule has 9 heteroatoms. The molecule has 0 amide bonds. The van der Waals surface area contributed by atoms with Gasteiger partial charge in [0, 0.05) is 51.8 Å². The SMILES string of the molecule is CN(C)c1nc(N2CCSCC2)c2cc(C#N)c(N3CCOCC3)nc2n1. The summed E-state index contributed by atoms with van der Waals surface area (Å²) in [5.74, 6) is 4.36. The van der Waals surface area contributed by atoms with E-state index in [2.05, 4.69) is 20.9 Å². The molecule has 2 aromatic rings. The molecule has 2 saturated heterocycles. The van der Waals surface area contributed by atoms with E-state index in [1.54, 1.807) is 0 Å². The third-order valence-corrected chi connectivity index (χ3v) is 5.72. The summed E-state index contributed by atoms with van der Waals surface area (Å²) in [6.07, 6.45) is 0. The Morgan fingerprint density at radius 1 is 1.04 bits per heavy atom. The fraction of sp³-hybridized carbons (Fsp3) is 0.556. The Morgan fingerprint density at radius 2 is 1.74 bits per heavy atom. The number of nitriles is 1. The molecule has 2 fully saturated rings. The predicted molar refractivity (Wildman–Crippen MR) is 109 cm³/mol. The van der Waals surface area contributed by atoms with Gasteiger partial charge in [-0.05, 0) is 6.07 Å². The van der Waals surface area contributed by atoms with Crippen molar-refractivity contribution >= 4 is 40.4 Å². The number of anilines is 3. The van der Waals surface area contributed by atoms with Gasteiger partial charge in [-0.15, -0.1) is 0 Å². The second kappa shape index (κ2) is 7.74. The standard InChI is InChI=1S/C18H23N7OS/c1-23(2)18-21-15-14(17(22-18)25-5-9-27-10-6-25)11-13(12-19)16(20-15)24-3-7-26-8-4-24/h11H,3-10H2,1-2H3. The molecule has 0 aliphatic carbocycles. The second-order valence-electron chi connectivity index (χ2n) is 6.78. The molecule has 4 heterocycles. The number of nitrogens with zero attached hydrogens (tertiary/aromatic N) is 7. The van der Waals surface area contributed by atoms with E-state index in [9.17, 15) is 5.26 Å². The van der Waals surface area contributed by atoms with E-state index < -0.39 is 0 Å². The van der Waals surface area contributed by atoms with Gasteiger partial charge in [0.25, 0.3) is 0 Å². The highest BCUT2D eigenvalue weighted by Crippen LogP contribution is 2.31. The Labute approximate surface area is 163 Å². The van der Waals surface area contributed by atoms with Gasteiger partial charge in [-0.3, -0.25) is 0 Å². The normalized spacial score (nSPS) is 17.8. The van der Waals surface area contributed by atoms with Crippen LogP contribution in [0.5, 0.6) is 0 Å². The van der Waals surface area contributed by atoms with Gasteiger partial charge in [0.15, 0.2) is 5.65 Å². The summed E-state index contributed by atoms with van der Waals surface area (Å²) in [7, 11) is 3.87. The van der Waals surface area contributed by atoms with Gasteiger partial charge in [-0.2, -0.15) is 27.0 Å². The average Bonchev–Trinajstić information content (AvgIpc) is 2.73. The molecular formula is C18H23N7OS. The van der Waals surface area contributed by atoms with Crippen LogP contribution in [0.1, 0.15) is 5.56 Å². The molecule has 27 heavy (non-hydrogen) atoms. The van der Waals surface area contributed by atoms with Gasteiger partial charge in [0.1, 0.15) is 17.7 Å². The summed E-state index contributed by atoms with van der Waals surface area (Å²) < 4.78 is 5.44. The van der Waals surface area contributed by atoms with E-state index in [-0.39, 0.29) is 0 Å². The Hall–Kier alpha value is -2.31. The number of ether oxygens (including phenoxy) is 1. The van der Waals surface area contributed by atoms with Crippen molar-refractivity contribution in [1.82, 2.24) is 15.0 Å². The van der Waals surface area contributed by atoms with E-state index in [0.29, 0.717) is 36.2 Å². The number of fused-ring (bicyclic) bond motifs is 1. The van der Waals surface area contributed by atoms with Crippen LogP contribution in [0.4, 0.5) is 17.6 Å². The number of aromatic nitrogens is 3. The van der Waals surface area contributed by atoms with Crippen molar-refractivity contribution in [3.8, 4) is 6.07 Å². The first-order valence-corrected chi connectivity index (χ1v) is 10.3. The molecule has 2 aliphatic heterocycles. The van der Waals surface area contributed by atoms with Crippen molar-refractivity contribution in [3.63, 3.8) is 0 Å². The van der Waals surface area contributed by atoms with Crippen molar-refractivity contribution in [2.45, 2.75) is 0 Å². The number of pyridine rings is 1. The van der Waals surface area contributed by atoms with E-state index in [4.69, 9.17) is 14.7 Å². The molecule has 8 nitrogen and oxygen atoms in total. The monoisotopic (exact) mass is 385 g/mol. The molecule has 0 aromatic carbocycles. The topological polar surface area (TPSA) is 81.4 Å². The lowest BCUT2D eigenvalue weighted by Crippen LogP contribution is -2.37. The lowest BCUT2D eigenvalue weighted by Gasteiger charge is -2.30. The third kappa shape index (κ3) is 3.59. The van der Waals surface area contributed by atoms with Crippen molar-refractivity contribution in [2.24, 2.45) is 0 Å². The maximum atomic E-state index is 9.74. The Balaban J connectivity index is 1.87. The molecule has 2 aliphatic rings. The fourth-order valence-electron chi connectivity index (χ4n) is 3.33. The van der Waals surface area contributed by atoms with E-state index in [1.165, 1.54) is 0 Å². The lowest BCUT2D eigenvalue weighted by atomic mass is 10.2. The van der Waals surface area contributed by atoms with Crippen LogP contribution in [-0.2, 0) is 4.74 Å². The van der Waals surface area contributed by atoms with Crippen LogP contribution < -0.4 is 14.7 Å². The summed E-state index contributed by atoms with van der Waals surface area (Å²) in [6, 6.07) is 4.23. The quantitative estimate of drug-likeness (QED) is 0.777. The minimum absolute atomic E-state index is 0.568. The molecule has 0 spiro atoms. The van der Waals surface area contributed by atoms with Crippen molar-refractivity contribution < 1.29 is 4.74 Å². The van der Waals surface area contributed by atoms with Crippen molar-refractivity contribution in [1.29, 1.82) is 5.26 Å². The largest absolute Gasteiger partial charge is 0.378 e. The summed E-state index contributed by atoms with van der Waals surface area (Å²) in [5, 5.41) is 10.6. The third-order valence-electron chi connectivity index (χ3n) is 4.78. The number of thioether (sulfide) groups is 1. The van der Waals surface area contributed by atoms with Gasteiger partial charge in [0.2, 0.25) is 5.95 Å². The molecule has 0 radical (unpaired) electrons. The van der Waals surface area contributed by atoms with Crippen molar-refractivity contribution in [3.05, 3.63) is 11.6 Å². The van der Waals surface area contributed by atoms with Crippen LogP contribution in [-0.4, -0.2) is 79.9 Å². The number of hydrogen-bond donors (Lipinski definition) is 0. The lowest BCUT2D eigenvalue weighted by molar-refractivity contribution is 0.122. The Bertz CT molecular complexity index is 870. The highest BCUT2D eigenvalue weighted by atomic mass is 32.2. The van der Waals surface area contributed by atoms with Gasteiger partial charge >= 0.3 is 0 Å². The first kappa shape index (κ1) is 18.1. The second-order valence-corrected chi connectivity index (χ2v) is 8.01. The highest BCUT2D eigenvalue weighted by molar-refractivity contribution is 7.99. The number of rotatable bonds is 3. The summed E-state index contributed by atoms with van der Waals surface area (Å²) >= 11 is 1.96. The molecule has 2 aromatic heterocycles. The van der Waals surface area contributed by atoms with Crippen LogP contribution in [0.15, 0.2) is 6.07 Å². The maximum absolute atomic E-state index is 9.74. The smallest absolute Gasteiger partial charge is 0.228 e. The number of morpholine rings is 1. The number of hydrogen-bond acceptors (Lipinski definition) is 9. The van der Waals surface area contributed by atoms with Gasteiger partial charge in [-0.1, -0.05) is 0 Å². The Kier molecular flexibility index (Phi) is 5.18. The molecule has 0 unspecified atom stereocenters. The summed E-state index contributed by atoms with van der Waals surface area (Å²) in [6.45, 7) is 4.64. The minimum Gasteiger partial charge on any atom is -0.378 e. The molecule has 142 valence electrons. The van der Waals surface area contributed by atoms with Gasteiger partial charge < -0.3 is 19.4 Å². The maximum Gasteiger partial charge on any atom is 0.228 e. The van der Waals surface area contributed by atoms with E-state index in [0.717, 1.165) is 48.9 Å². The molecular weight excluding hydrogens is 362 g/mol. The highest BCUT2D eigenvalue weighted by Gasteiger charge is 2.23. The molecule has 0 bridgehead atoms. The molecule has 0 atom stereocenters. The zero-order chi connectivity index (χ0) is 18.8. The van der Waals surface area contributed by atoms with Crippen molar-refractivity contribution in [2.75, 3.05) is 79.7 Å². The van der Waals surface area contributed by atoms with Gasteiger partial charge in [0.05, 0.1) is 24.2 Å². The Morgan fingerprint density at radius 3 is 2.41 bits per heavy atom. The van der Waals surface area contributed by atoms with E-state index in [1.807, 2.05) is 36.8 Å². The molecule has 4 rings (SSSR count). The first-order chi connectivity index (χ1) is 13.2. The summed E-state index contributed by atoms with van der Waals surface area (Å²) in [5.41, 5.74) is 1.21. The van der Waals surface area contributed by atoms with Crippen LogP contribution in [0, 0.1) is 11.3 Å². The fourth-order valence-corrected chi connectivity index (χ4v) is 4.24.